The van der Waals surface area contributed by atoms with Crippen LogP contribution in [0.2, 0.25) is 0 Å². The summed E-state index contributed by atoms with van der Waals surface area (Å²) in [5.41, 5.74) is -1.96. The van der Waals surface area contributed by atoms with E-state index < -0.39 is 36.0 Å². The van der Waals surface area contributed by atoms with Crippen LogP contribution in [0.1, 0.15) is 23.2 Å². The molecule has 8 N–H and O–H groups in total. The number of carboxylic acids is 3. The van der Waals surface area contributed by atoms with E-state index in [1.807, 2.05) is 0 Å². The number of hydrogen-bond acceptors (Lipinski definition) is 9. The largest absolute Gasteiger partial charge is 0.506 e. The summed E-state index contributed by atoms with van der Waals surface area (Å²) in [6, 6.07) is 0. The minimum atomic E-state index is -3.22. The number of pyridine rings is 1. The van der Waals surface area contributed by atoms with Crippen LogP contribution in [0.5, 0.6) is 5.75 Å². The van der Waals surface area contributed by atoms with Gasteiger partial charge in [-0.1, -0.05) is 0 Å². The van der Waals surface area contributed by atoms with Gasteiger partial charge in [-0.2, -0.15) is 0 Å². The Labute approximate surface area is 146 Å². The average Bonchev–Trinajstić information content (AvgIpc) is 2.55. The molecule has 0 aliphatic heterocycles. The summed E-state index contributed by atoms with van der Waals surface area (Å²) in [4.78, 5) is 34.5. The minimum Gasteiger partial charge on any atom is -0.506 e. The van der Waals surface area contributed by atoms with Gasteiger partial charge in [-0.3, -0.25) is 9.78 Å². The molecule has 1 rings (SSSR count). The Morgan fingerprint density at radius 1 is 1.15 bits per heavy atom. The van der Waals surface area contributed by atoms with E-state index in [9.17, 15) is 19.5 Å². The van der Waals surface area contributed by atoms with Crippen LogP contribution < -0.4 is 0 Å². The van der Waals surface area contributed by atoms with E-state index in [1.165, 1.54) is 6.20 Å². The van der Waals surface area contributed by atoms with Crippen molar-refractivity contribution >= 4 is 17.9 Å². The van der Waals surface area contributed by atoms with Gasteiger partial charge >= 0.3 is 17.9 Å². The molecular formula is C14H19NO11. The van der Waals surface area contributed by atoms with Crippen molar-refractivity contribution in [1.29, 1.82) is 0 Å². The normalized spacial score (nSPS) is 13.7. The predicted octanol–water partition coefficient (Wildman–Crippen LogP) is -2.20. The standard InChI is InChI=1S/C8H11NO3.C6H8O8/c1-5-8(12)7(4-11)6(3-10)2-9-5;7-2(8)1-6(14,5(12)13)3(9)4(10)11/h2,10-12H,3-4H2,1H3;3,9,14H,1H2,(H,7,8)(H,10,11)(H,12,13). The van der Waals surface area contributed by atoms with Gasteiger partial charge in [0.25, 0.3) is 0 Å². The summed E-state index contributed by atoms with van der Waals surface area (Å²) in [5, 5.41) is 69.7. The third-order valence-corrected chi connectivity index (χ3v) is 3.24. The lowest BCUT2D eigenvalue weighted by Gasteiger charge is -2.23. The lowest BCUT2D eigenvalue weighted by molar-refractivity contribution is -0.187. The van der Waals surface area contributed by atoms with Crippen molar-refractivity contribution in [3.05, 3.63) is 23.0 Å². The smallest absolute Gasteiger partial charge is 0.339 e. The summed E-state index contributed by atoms with van der Waals surface area (Å²) < 4.78 is 0. The highest BCUT2D eigenvalue weighted by atomic mass is 16.4. The molecule has 0 fully saturated rings. The number of aliphatic carboxylic acids is 3. The molecule has 0 aliphatic rings. The Balaban J connectivity index is 0.000000485. The first kappa shape index (κ1) is 23.2. The molecule has 1 heterocycles. The summed E-state index contributed by atoms with van der Waals surface area (Å²) in [6.07, 6.45) is -2.66. The Kier molecular flexibility index (Phi) is 8.59. The first-order chi connectivity index (χ1) is 11.9. The van der Waals surface area contributed by atoms with Gasteiger partial charge in [0.1, 0.15) is 5.75 Å². The molecule has 0 aromatic carbocycles. The van der Waals surface area contributed by atoms with Gasteiger partial charge in [0, 0.05) is 17.3 Å². The van der Waals surface area contributed by atoms with Crippen molar-refractivity contribution in [1.82, 2.24) is 4.98 Å². The van der Waals surface area contributed by atoms with Gasteiger partial charge in [0.2, 0.25) is 5.60 Å². The van der Waals surface area contributed by atoms with Crippen LogP contribution in [0, 0.1) is 6.92 Å². The molecule has 0 amide bonds. The molecule has 0 aliphatic carbocycles. The van der Waals surface area contributed by atoms with Crippen molar-refractivity contribution in [2.24, 2.45) is 0 Å². The number of aliphatic hydroxyl groups excluding tert-OH is 3. The molecule has 0 spiro atoms. The highest BCUT2D eigenvalue weighted by Gasteiger charge is 2.49. The molecule has 26 heavy (non-hydrogen) atoms. The van der Waals surface area contributed by atoms with Gasteiger partial charge < -0.3 is 40.9 Å². The van der Waals surface area contributed by atoms with E-state index in [4.69, 9.17) is 35.7 Å². The highest BCUT2D eigenvalue weighted by Crippen LogP contribution is 2.23. The Hall–Kier alpha value is -2.80. The second kappa shape index (κ2) is 9.62. The molecule has 1 aromatic heterocycles. The van der Waals surface area contributed by atoms with Crippen LogP contribution in [0.4, 0.5) is 0 Å². The van der Waals surface area contributed by atoms with Crippen molar-refractivity contribution in [2.75, 3.05) is 0 Å². The zero-order valence-corrected chi connectivity index (χ0v) is 13.5. The molecule has 0 saturated carbocycles. The van der Waals surface area contributed by atoms with E-state index in [1.54, 1.807) is 6.92 Å². The molecule has 2 atom stereocenters. The number of rotatable bonds is 7. The Morgan fingerprint density at radius 2 is 1.69 bits per heavy atom. The van der Waals surface area contributed by atoms with Crippen LogP contribution in [0.25, 0.3) is 0 Å². The number of hydrogen-bond donors (Lipinski definition) is 8. The van der Waals surface area contributed by atoms with Crippen LogP contribution >= 0.6 is 0 Å². The first-order valence-corrected chi connectivity index (χ1v) is 6.88. The minimum absolute atomic E-state index is 0.0379. The van der Waals surface area contributed by atoms with Crippen molar-refractivity contribution in [3.63, 3.8) is 0 Å². The van der Waals surface area contributed by atoms with Crippen molar-refractivity contribution in [2.45, 2.75) is 38.3 Å². The second-order valence-corrected chi connectivity index (χ2v) is 5.05. The highest BCUT2D eigenvalue weighted by molar-refractivity contribution is 5.90. The van der Waals surface area contributed by atoms with E-state index in [2.05, 4.69) is 4.98 Å². The van der Waals surface area contributed by atoms with Crippen molar-refractivity contribution < 1.29 is 55.2 Å². The quantitative estimate of drug-likeness (QED) is 0.253. The second-order valence-electron chi connectivity index (χ2n) is 5.05. The molecule has 1 aromatic rings. The average molecular weight is 377 g/mol. The summed E-state index contributed by atoms with van der Waals surface area (Å²) in [6.45, 7) is 1.12. The molecule has 0 radical (unpaired) electrons. The molecule has 12 nitrogen and oxygen atoms in total. The molecule has 146 valence electrons. The van der Waals surface area contributed by atoms with Crippen molar-refractivity contribution in [3.8, 4) is 5.75 Å². The molecule has 0 bridgehead atoms. The fraction of sp³-hybridized carbons (Fsp3) is 0.429. The van der Waals surface area contributed by atoms with Gasteiger partial charge in [-0.05, 0) is 6.92 Å². The zero-order chi connectivity index (χ0) is 20.7. The van der Waals surface area contributed by atoms with E-state index in [0.29, 0.717) is 16.8 Å². The molecule has 2 unspecified atom stereocenters. The number of carbonyl (C=O) groups is 3. The lowest BCUT2D eigenvalue weighted by atomic mass is 9.93. The fourth-order valence-corrected chi connectivity index (χ4v) is 1.72. The fourth-order valence-electron chi connectivity index (χ4n) is 1.72. The number of carboxylic acid groups (broad SMARTS) is 3. The summed E-state index contributed by atoms with van der Waals surface area (Å²) in [7, 11) is 0. The number of aromatic hydroxyl groups is 1. The predicted molar refractivity (Wildman–Crippen MR) is 81.0 cm³/mol. The third kappa shape index (κ3) is 5.63. The van der Waals surface area contributed by atoms with Crippen LogP contribution in [0.3, 0.4) is 0 Å². The number of aliphatic hydroxyl groups is 4. The summed E-state index contributed by atoms with van der Waals surface area (Å²) in [5.74, 6) is -5.91. The lowest BCUT2D eigenvalue weighted by Crippen LogP contribution is -2.54. The van der Waals surface area contributed by atoms with Crippen LogP contribution in [-0.4, -0.2) is 75.4 Å². The molecule has 12 heteroatoms. The zero-order valence-electron chi connectivity index (χ0n) is 13.5. The summed E-state index contributed by atoms with van der Waals surface area (Å²) >= 11 is 0. The maximum absolute atomic E-state index is 10.4. The topological polar surface area (TPSA) is 226 Å². The van der Waals surface area contributed by atoms with E-state index in [-0.39, 0.29) is 19.0 Å². The van der Waals surface area contributed by atoms with Crippen LogP contribution in [0.15, 0.2) is 6.20 Å². The third-order valence-electron chi connectivity index (χ3n) is 3.24. The van der Waals surface area contributed by atoms with Gasteiger partial charge in [-0.15, -0.1) is 0 Å². The van der Waals surface area contributed by atoms with E-state index >= 15 is 0 Å². The van der Waals surface area contributed by atoms with Crippen LogP contribution in [-0.2, 0) is 27.6 Å². The Bertz CT molecular complexity index is 675. The molecular weight excluding hydrogens is 358 g/mol. The van der Waals surface area contributed by atoms with Gasteiger partial charge in [-0.25, -0.2) is 9.59 Å². The number of aromatic nitrogens is 1. The number of nitrogens with zero attached hydrogens (tertiary/aromatic N) is 1. The monoisotopic (exact) mass is 377 g/mol. The first-order valence-electron chi connectivity index (χ1n) is 6.88. The maximum Gasteiger partial charge on any atom is 0.339 e. The Morgan fingerprint density at radius 3 is 2.04 bits per heavy atom. The van der Waals surface area contributed by atoms with Gasteiger partial charge in [0.05, 0.1) is 25.3 Å². The number of aryl methyl sites for hydroxylation is 1. The molecule has 0 saturated heterocycles. The SMILES string of the molecule is Cc1ncc(CO)c(CO)c1O.O=C(O)CC(O)(C(=O)O)C(O)C(=O)O. The van der Waals surface area contributed by atoms with Gasteiger partial charge in [0.15, 0.2) is 6.10 Å². The maximum atomic E-state index is 10.4. The van der Waals surface area contributed by atoms with E-state index in [0.717, 1.165) is 0 Å².